The van der Waals surface area contributed by atoms with Crippen LogP contribution in [0.4, 0.5) is 4.39 Å². The maximum absolute atomic E-state index is 13.2. The largest absolute Gasteiger partial charge is 0.339 e. The van der Waals surface area contributed by atoms with Gasteiger partial charge in [0.15, 0.2) is 5.82 Å². The van der Waals surface area contributed by atoms with Crippen LogP contribution in [0.1, 0.15) is 49.4 Å². The van der Waals surface area contributed by atoms with Gasteiger partial charge in [-0.1, -0.05) is 30.6 Å². The first-order valence-electron chi connectivity index (χ1n) is 7.56. The lowest BCUT2D eigenvalue weighted by Crippen LogP contribution is -2.31. The van der Waals surface area contributed by atoms with E-state index in [1.54, 1.807) is 6.07 Å². The van der Waals surface area contributed by atoms with Crippen LogP contribution in [0, 0.1) is 5.82 Å². The van der Waals surface area contributed by atoms with E-state index in [2.05, 4.69) is 22.4 Å². The van der Waals surface area contributed by atoms with Crippen molar-refractivity contribution < 1.29 is 8.91 Å². The Morgan fingerprint density at radius 3 is 3.10 bits per heavy atom. The molecule has 5 heteroatoms. The second-order valence-corrected chi connectivity index (χ2v) is 5.56. The predicted molar refractivity (Wildman–Crippen MR) is 77.6 cm³/mol. The van der Waals surface area contributed by atoms with Gasteiger partial charge in [0.05, 0.1) is 5.92 Å². The number of halogens is 1. The third-order valence-corrected chi connectivity index (χ3v) is 4.03. The average Bonchev–Trinajstić information content (AvgIpc) is 3.08. The number of hydrogen-bond acceptors (Lipinski definition) is 4. The van der Waals surface area contributed by atoms with Gasteiger partial charge in [-0.25, -0.2) is 4.39 Å². The topological polar surface area (TPSA) is 51.0 Å². The molecule has 3 rings (SSSR count). The van der Waals surface area contributed by atoms with Crippen LogP contribution in [0.3, 0.4) is 0 Å². The highest BCUT2D eigenvalue weighted by Crippen LogP contribution is 2.33. The Balaban J connectivity index is 1.71. The summed E-state index contributed by atoms with van der Waals surface area (Å²) in [7, 11) is 0. The van der Waals surface area contributed by atoms with E-state index in [1.807, 2.05) is 6.07 Å². The highest BCUT2D eigenvalue weighted by molar-refractivity contribution is 5.20. The second kappa shape index (κ2) is 6.35. The molecular formula is C16H20FN3O. The zero-order valence-corrected chi connectivity index (χ0v) is 12.2. The van der Waals surface area contributed by atoms with Crippen molar-refractivity contribution in [3.8, 4) is 0 Å². The van der Waals surface area contributed by atoms with Crippen LogP contribution in [0.25, 0.3) is 0 Å². The molecule has 0 saturated heterocycles. The molecule has 1 aromatic carbocycles. The summed E-state index contributed by atoms with van der Waals surface area (Å²) in [6.07, 6.45) is 3.92. The number of likely N-dealkylation sites (N-methyl/N-ethyl adjacent to an activating group) is 1. The van der Waals surface area contributed by atoms with Crippen molar-refractivity contribution in [1.82, 2.24) is 15.5 Å². The Kier molecular flexibility index (Phi) is 4.29. The van der Waals surface area contributed by atoms with Gasteiger partial charge in [-0.2, -0.15) is 4.98 Å². The predicted octanol–water partition coefficient (Wildman–Crippen LogP) is 3.05. The maximum Gasteiger partial charge on any atom is 0.231 e. The molecule has 0 amide bonds. The summed E-state index contributed by atoms with van der Waals surface area (Å²) >= 11 is 0. The highest BCUT2D eigenvalue weighted by atomic mass is 19.1. The lowest BCUT2D eigenvalue weighted by molar-refractivity contribution is 0.329. The van der Waals surface area contributed by atoms with E-state index in [-0.39, 0.29) is 5.82 Å². The summed E-state index contributed by atoms with van der Waals surface area (Å²) < 4.78 is 18.6. The summed E-state index contributed by atoms with van der Waals surface area (Å²) in [4.78, 5) is 4.51. The van der Waals surface area contributed by atoms with Crippen LogP contribution < -0.4 is 5.32 Å². The van der Waals surface area contributed by atoms with E-state index in [9.17, 15) is 4.39 Å². The summed E-state index contributed by atoms with van der Waals surface area (Å²) in [6, 6.07) is 6.94. The first kappa shape index (κ1) is 14.2. The molecule has 0 spiro atoms. The van der Waals surface area contributed by atoms with Crippen molar-refractivity contribution in [1.29, 1.82) is 0 Å². The molecule has 1 saturated carbocycles. The van der Waals surface area contributed by atoms with Crippen molar-refractivity contribution in [3.05, 3.63) is 47.4 Å². The first-order chi connectivity index (χ1) is 10.3. The van der Waals surface area contributed by atoms with Gasteiger partial charge in [-0.3, -0.25) is 0 Å². The number of aromatic nitrogens is 2. The summed E-state index contributed by atoms with van der Waals surface area (Å²) in [5, 5.41) is 7.53. The molecule has 1 heterocycles. The molecule has 112 valence electrons. The maximum atomic E-state index is 13.2. The van der Waals surface area contributed by atoms with Crippen molar-refractivity contribution in [2.75, 3.05) is 6.54 Å². The quantitative estimate of drug-likeness (QED) is 0.919. The van der Waals surface area contributed by atoms with Gasteiger partial charge < -0.3 is 9.84 Å². The normalized spacial score (nSPS) is 21.8. The molecule has 0 bridgehead atoms. The fraction of sp³-hybridized carbons (Fsp3) is 0.500. The Bertz CT molecular complexity index is 599. The molecule has 1 aromatic heterocycles. The summed E-state index contributed by atoms with van der Waals surface area (Å²) in [6.45, 7) is 3.06. The molecule has 1 fully saturated rings. The molecule has 0 radical (unpaired) electrons. The standard InChI is InChI=1S/C16H20FN3O/c1-2-18-14-8-4-7-13(14)16-19-15(20-21-16)10-11-5-3-6-12(17)9-11/h3,5-6,9,13-14,18H,2,4,7-8,10H2,1H3. The number of nitrogens with one attached hydrogen (secondary N) is 1. The fourth-order valence-corrected chi connectivity index (χ4v) is 3.08. The Hall–Kier alpha value is -1.75. The summed E-state index contributed by atoms with van der Waals surface area (Å²) in [5.41, 5.74) is 0.858. The molecule has 21 heavy (non-hydrogen) atoms. The SMILES string of the molecule is CCNC1CCCC1c1nc(Cc2cccc(F)c2)no1. The molecule has 1 N–H and O–H groups in total. The van der Waals surface area contributed by atoms with Crippen molar-refractivity contribution in [3.63, 3.8) is 0 Å². The molecule has 2 unspecified atom stereocenters. The highest BCUT2D eigenvalue weighted by Gasteiger charge is 2.32. The monoisotopic (exact) mass is 289 g/mol. The number of benzene rings is 1. The fourth-order valence-electron chi connectivity index (χ4n) is 3.08. The van der Waals surface area contributed by atoms with Crippen LogP contribution in [-0.2, 0) is 6.42 Å². The van der Waals surface area contributed by atoms with E-state index < -0.39 is 0 Å². The van der Waals surface area contributed by atoms with Gasteiger partial charge in [-0.15, -0.1) is 0 Å². The van der Waals surface area contributed by atoms with Crippen LogP contribution >= 0.6 is 0 Å². The molecule has 0 aliphatic heterocycles. The zero-order chi connectivity index (χ0) is 14.7. The molecule has 4 nitrogen and oxygen atoms in total. The van der Waals surface area contributed by atoms with Crippen LogP contribution in [0.15, 0.2) is 28.8 Å². The van der Waals surface area contributed by atoms with Gasteiger partial charge in [0, 0.05) is 12.5 Å². The van der Waals surface area contributed by atoms with Gasteiger partial charge in [0.25, 0.3) is 0 Å². The van der Waals surface area contributed by atoms with Gasteiger partial charge in [-0.05, 0) is 37.1 Å². The Morgan fingerprint density at radius 1 is 1.38 bits per heavy atom. The zero-order valence-electron chi connectivity index (χ0n) is 12.2. The van der Waals surface area contributed by atoms with E-state index in [0.717, 1.165) is 24.9 Å². The van der Waals surface area contributed by atoms with Gasteiger partial charge in [0.2, 0.25) is 5.89 Å². The van der Waals surface area contributed by atoms with Crippen molar-refractivity contribution in [2.45, 2.75) is 44.6 Å². The minimum atomic E-state index is -0.237. The average molecular weight is 289 g/mol. The molecule has 2 aromatic rings. The van der Waals surface area contributed by atoms with Crippen LogP contribution in [-0.4, -0.2) is 22.7 Å². The number of hydrogen-bond donors (Lipinski definition) is 1. The van der Waals surface area contributed by atoms with Crippen LogP contribution in [0.2, 0.25) is 0 Å². The molecule has 2 atom stereocenters. The Labute approximate surface area is 123 Å². The molecule has 1 aliphatic rings. The summed E-state index contributed by atoms with van der Waals surface area (Å²) in [5.74, 6) is 1.40. The minimum Gasteiger partial charge on any atom is -0.339 e. The van der Waals surface area contributed by atoms with Crippen molar-refractivity contribution >= 4 is 0 Å². The van der Waals surface area contributed by atoms with Gasteiger partial charge in [0.1, 0.15) is 5.82 Å². The lowest BCUT2D eigenvalue weighted by Gasteiger charge is -2.16. The number of nitrogens with zero attached hydrogens (tertiary/aromatic N) is 2. The van der Waals surface area contributed by atoms with E-state index in [1.165, 1.54) is 18.6 Å². The van der Waals surface area contributed by atoms with Crippen LogP contribution in [0.5, 0.6) is 0 Å². The van der Waals surface area contributed by atoms with Gasteiger partial charge >= 0.3 is 0 Å². The third-order valence-electron chi connectivity index (χ3n) is 4.03. The lowest BCUT2D eigenvalue weighted by atomic mass is 10.0. The first-order valence-corrected chi connectivity index (χ1v) is 7.56. The van der Waals surface area contributed by atoms with E-state index >= 15 is 0 Å². The molecular weight excluding hydrogens is 269 g/mol. The minimum absolute atomic E-state index is 0.237. The second-order valence-electron chi connectivity index (χ2n) is 5.56. The van der Waals surface area contributed by atoms with Crippen molar-refractivity contribution in [2.24, 2.45) is 0 Å². The molecule has 1 aliphatic carbocycles. The number of rotatable bonds is 5. The van der Waals surface area contributed by atoms with E-state index in [4.69, 9.17) is 4.52 Å². The third kappa shape index (κ3) is 3.29. The Morgan fingerprint density at radius 2 is 2.29 bits per heavy atom. The smallest absolute Gasteiger partial charge is 0.231 e. The van der Waals surface area contributed by atoms with E-state index in [0.29, 0.717) is 30.1 Å².